The summed E-state index contributed by atoms with van der Waals surface area (Å²) < 4.78 is 37.6. The zero-order valence-electron chi connectivity index (χ0n) is 11.4. The first-order valence-corrected chi connectivity index (χ1v) is 7.59. The molecular formula is C14H13BrF3NO3. The zero-order valence-corrected chi connectivity index (χ0v) is 12.9. The van der Waals surface area contributed by atoms with Crippen LogP contribution in [0.3, 0.4) is 0 Å². The molecule has 1 aliphatic carbocycles. The van der Waals surface area contributed by atoms with E-state index in [1.165, 1.54) is 17.0 Å². The Labute approximate surface area is 133 Å². The minimum Gasteiger partial charge on any atom is -0.479 e. The molecule has 1 saturated carbocycles. The topological polar surface area (TPSA) is 57.6 Å². The first-order chi connectivity index (χ1) is 10.2. The van der Waals surface area contributed by atoms with Gasteiger partial charge in [-0.2, -0.15) is 13.2 Å². The van der Waals surface area contributed by atoms with Gasteiger partial charge in [0.25, 0.3) is 0 Å². The van der Waals surface area contributed by atoms with Crippen molar-refractivity contribution < 1.29 is 27.9 Å². The summed E-state index contributed by atoms with van der Waals surface area (Å²) in [7, 11) is 0. The second-order valence-electron chi connectivity index (χ2n) is 5.14. The van der Waals surface area contributed by atoms with Gasteiger partial charge in [-0.3, -0.25) is 4.79 Å². The number of nitrogens with zero attached hydrogens (tertiary/aromatic N) is 1. The van der Waals surface area contributed by atoms with Gasteiger partial charge >= 0.3 is 12.1 Å². The maximum absolute atomic E-state index is 12.5. The van der Waals surface area contributed by atoms with E-state index in [-0.39, 0.29) is 11.9 Å². The number of halogens is 4. The van der Waals surface area contributed by atoms with Crippen LogP contribution in [0.25, 0.3) is 0 Å². The van der Waals surface area contributed by atoms with Crippen molar-refractivity contribution in [3.05, 3.63) is 35.4 Å². The highest BCUT2D eigenvalue weighted by molar-refractivity contribution is 9.09. The number of aliphatic carboxylic acids is 1. The molecule has 1 aromatic rings. The normalized spacial score (nSPS) is 16.2. The molecule has 1 aromatic carbocycles. The molecule has 0 unspecified atom stereocenters. The zero-order chi connectivity index (χ0) is 16.5. The molecule has 0 aromatic heterocycles. The molecule has 0 heterocycles. The van der Waals surface area contributed by atoms with Crippen molar-refractivity contribution >= 4 is 27.8 Å². The molecule has 1 amide bonds. The SMILES string of the molecule is O=C(CBr)N(Cc1ccc(C(F)(F)F)cc1)C1(C(=O)O)CC1. The van der Waals surface area contributed by atoms with Gasteiger partial charge in [0.2, 0.25) is 5.91 Å². The van der Waals surface area contributed by atoms with Crippen molar-refractivity contribution in [3.8, 4) is 0 Å². The van der Waals surface area contributed by atoms with Gasteiger partial charge in [-0.15, -0.1) is 0 Å². The van der Waals surface area contributed by atoms with E-state index < -0.39 is 29.2 Å². The predicted molar refractivity (Wildman–Crippen MR) is 75.4 cm³/mol. The molecule has 2 rings (SSSR count). The molecule has 0 aliphatic heterocycles. The van der Waals surface area contributed by atoms with Crippen LogP contribution in [0.2, 0.25) is 0 Å². The summed E-state index contributed by atoms with van der Waals surface area (Å²) in [6, 6.07) is 4.36. The summed E-state index contributed by atoms with van der Waals surface area (Å²) in [6.07, 6.45) is -3.73. The molecule has 0 bridgehead atoms. The summed E-state index contributed by atoms with van der Waals surface area (Å²) in [4.78, 5) is 24.5. The maximum Gasteiger partial charge on any atom is 0.416 e. The van der Waals surface area contributed by atoms with Crippen molar-refractivity contribution in [1.82, 2.24) is 4.90 Å². The molecular weight excluding hydrogens is 367 g/mol. The van der Waals surface area contributed by atoms with Crippen molar-refractivity contribution in [1.29, 1.82) is 0 Å². The number of rotatable bonds is 5. The smallest absolute Gasteiger partial charge is 0.416 e. The van der Waals surface area contributed by atoms with E-state index >= 15 is 0 Å². The lowest BCUT2D eigenvalue weighted by Gasteiger charge is -2.28. The molecule has 4 nitrogen and oxygen atoms in total. The lowest BCUT2D eigenvalue weighted by molar-refractivity contribution is -0.151. The Hall–Kier alpha value is -1.57. The maximum atomic E-state index is 12.5. The lowest BCUT2D eigenvalue weighted by atomic mass is 10.1. The molecule has 0 spiro atoms. The number of carboxylic acid groups (broad SMARTS) is 1. The fourth-order valence-corrected chi connectivity index (χ4v) is 2.55. The third-order valence-electron chi connectivity index (χ3n) is 3.68. The highest BCUT2D eigenvalue weighted by Gasteiger charge is 2.56. The number of carbonyl (C=O) groups excluding carboxylic acids is 1. The van der Waals surface area contributed by atoms with Crippen LogP contribution in [0.5, 0.6) is 0 Å². The van der Waals surface area contributed by atoms with Crippen LogP contribution in [0.4, 0.5) is 13.2 Å². The highest BCUT2D eigenvalue weighted by Crippen LogP contribution is 2.43. The Bertz CT molecular complexity index is 582. The van der Waals surface area contributed by atoms with Gasteiger partial charge < -0.3 is 10.0 Å². The number of carboxylic acids is 1. The number of alkyl halides is 4. The van der Waals surface area contributed by atoms with Gasteiger partial charge in [0, 0.05) is 6.54 Å². The van der Waals surface area contributed by atoms with Gasteiger partial charge in [-0.05, 0) is 30.5 Å². The third-order valence-corrected chi connectivity index (χ3v) is 4.16. The summed E-state index contributed by atoms with van der Waals surface area (Å²) in [5.74, 6) is -1.49. The van der Waals surface area contributed by atoms with Gasteiger partial charge in [0.15, 0.2) is 0 Å². The standard InChI is InChI=1S/C14H13BrF3NO3/c15-7-11(20)19(13(5-6-13)12(21)22)8-9-1-3-10(4-2-9)14(16,17)18/h1-4H,5-8H2,(H,21,22). The quantitative estimate of drug-likeness (QED) is 0.799. The van der Waals surface area contributed by atoms with Crippen LogP contribution >= 0.6 is 15.9 Å². The molecule has 0 atom stereocenters. The Morgan fingerprint density at radius 1 is 1.23 bits per heavy atom. The number of amides is 1. The monoisotopic (exact) mass is 379 g/mol. The van der Waals surface area contributed by atoms with Crippen molar-refractivity contribution in [3.63, 3.8) is 0 Å². The van der Waals surface area contributed by atoms with Crippen molar-refractivity contribution in [2.24, 2.45) is 0 Å². The molecule has 8 heteroatoms. The van der Waals surface area contributed by atoms with E-state index in [9.17, 15) is 27.9 Å². The third kappa shape index (κ3) is 3.26. The number of hydrogen-bond donors (Lipinski definition) is 1. The van der Waals surface area contributed by atoms with Crippen molar-refractivity contribution in [2.75, 3.05) is 5.33 Å². The molecule has 120 valence electrons. The van der Waals surface area contributed by atoms with E-state index in [2.05, 4.69) is 15.9 Å². The van der Waals surface area contributed by atoms with E-state index in [0.29, 0.717) is 18.4 Å². The number of hydrogen-bond acceptors (Lipinski definition) is 2. The molecule has 22 heavy (non-hydrogen) atoms. The molecule has 1 aliphatic rings. The minimum atomic E-state index is -4.43. The average Bonchev–Trinajstić information content (AvgIpc) is 3.25. The highest BCUT2D eigenvalue weighted by atomic mass is 79.9. The van der Waals surface area contributed by atoms with Gasteiger partial charge in [0.1, 0.15) is 5.54 Å². The van der Waals surface area contributed by atoms with E-state index in [0.717, 1.165) is 12.1 Å². The Kier molecular flexibility index (Phi) is 4.51. The van der Waals surface area contributed by atoms with Crippen LogP contribution in [-0.4, -0.2) is 32.8 Å². The summed E-state index contributed by atoms with van der Waals surface area (Å²) >= 11 is 3.00. The van der Waals surface area contributed by atoms with E-state index in [4.69, 9.17) is 0 Å². The largest absolute Gasteiger partial charge is 0.479 e. The number of benzene rings is 1. The van der Waals surface area contributed by atoms with Crippen LogP contribution < -0.4 is 0 Å². The molecule has 0 radical (unpaired) electrons. The average molecular weight is 380 g/mol. The van der Waals surface area contributed by atoms with Crippen LogP contribution in [0.15, 0.2) is 24.3 Å². The Morgan fingerprint density at radius 2 is 1.77 bits per heavy atom. The predicted octanol–water partition coefficient (Wildman–Crippen LogP) is 3.05. The van der Waals surface area contributed by atoms with Crippen LogP contribution in [-0.2, 0) is 22.3 Å². The fraction of sp³-hybridized carbons (Fsp3) is 0.429. The second-order valence-corrected chi connectivity index (χ2v) is 5.71. The first-order valence-electron chi connectivity index (χ1n) is 6.47. The van der Waals surface area contributed by atoms with Crippen LogP contribution in [0, 0.1) is 0 Å². The van der Waals surface area contributed by atoms with Crippen LogP contribution in [0.1, 0.15) is 24.0 Å². The first kappa shape index (κ1) is 16.8. The lowest BCUT2D eigenvalue weighted by Crippen LogP contribution is -2.47. The Morgan fingerprint density at radius 3 is 2.14 bits per heavy atom. The Balaban J connectivity index is 2.21. The molecule has 1 N–H and O–H groups in total. The number of carbonyl (C=O) groups is 2. The van der Waals surface area contributed by atoms with Crippen molar-refractivity contribution in [2.45, 2.75) is 31.1 Å². The van der Waals surface area contributed by atoms with Gasteiger partial charge in [0.05, 0.1) is 10.9 Å². The van der Waals surface area contributed by atoms with E-state index in [1.807, 2.05) is 0 Å². The summed E-state index contributed by atoms with van der Waals surface area (Å²) in [5.41, 5.74) is -1.56. The molecule has 1 fully saturated rings. The minimum absolute atomic E-state index is 0.0329. The fourth-order valence-electron chi connectivity index (χ4n) is 2.25. The summed E-state index contributed by atoms with van der Waals surface area (Å²) in [5, 5.41) is 9.25. The summed E-state index contributed by atoms with van der Waals surface area (Å²) in [6.45, 7) is -0.0329. The molecule has 0 saturated heterocycles. The van der Waals surface area contributed by atoms with Gasteiger partial charge in [-0.1, -0.05) is 28.1 Å². The second kappa shape index (κ2) is 5.91. The van der Waals surface area contributed by atoms with Gasteiger partial charge in [-0.25, -0.2) is 4.79 Å². The van der Waals surface area contributed by atoms with E-state index in [1.54, 1.807) is 0 Å².